The zero-order valence-corrected chi connectivity index (χ0v) is 10.7. The molecule has 1 aliphatic rings. The Morgan fingerprint density at radius 3 is 3.11 bits per heavy atom. The van der Waals surface area contributed by atoms with E-state index >= 15 is 0 Å². The molecule has 0 bridgehead atoms. The van der Waals surface area contributed by atoms with Crippen molar-refractivity contribution in [1.82, 2.24) is 30.2 Å². The van der Waals surface area contributed by atoms with Crippen molar-refractivity contribution >= 4 is 0 Å². The molecule has 102 valence electrons. The number of likely N-dealkylation sites (N-methyl/N-ethyl adjacent to an activating group) is 1. The second kappa shape index (κ2) is 5.06. The monoisotopic (exact) mass is 264 g/mol. The number of aliphatic hydroxyl groups excluding tert-OH is 1. The molecule has 1 fully saturated rings. The van der Waals surface area contributed by atoms with Crippen LogP contribution in [0.25, 0.3) is 11.6 Å². The molecular formula is C11H16N6O2. The molecule has 8 nitrogen and oxygen atoms in total. The lowest BCUT2D eigenvalue weighted by Crippen LogP contribution is -2.30. The minimum absolute atomic E-state index is 0.262. The van der Waals surface area contributed by atoms with Gasteiger partial charge in [-0.2, -0.15) is 10.1 Å². The minimum atomic E-state index is -0.262. The van der Waals surface area contributed by atoms with Crippen LogP contribution in [0, 0.1) is 5.92 Å². The molecule has 1 saturated carbocycles. The lowest BCUT2D eigenvalue weighted by molar-refractivity contribution is 0.0992. The second-order valence-corrected chi connectivity index (χ2v) is 4.95. The maximum atomic E-state index is 9.86. The lowest BCUT2D eigenvalue weighted by atomic mass is 10.2. The molecule has 2 heterocycles. The van der Waals surface area contributed by atoms with Gasteiger partial charge in [0.2, 0.25) is 11.7 Å². The van der Waals surface area contributed by atoms with Crippen LogP contribution in [-0.4, -0.2) is 55.0 Å². The van der Waals surface area contributed by atoms with Crippen molar-refractivity contribution in [2.75, 3.05) is 13.6 Å². The Balaban J connectivity index is 1.57. The molecule has 1 aliphatic carbocycles. The number of hydrogen-bond donors (Lipinski definition) is 2. The van der Waals surface area contributed by atoms with Crippen molar-refractivity contribution in [1.29, 1.82) is 0 Å². The molecule has 0 amide bonds. The number of aliphatic hydroxyl groups is 1. The van der Waals surface area contributed by atoms with Crippen molar-refractivity contribution in [2.45, 2.75) is 25.5 Å². The quantitative estimate of drug-likeness (QED) is 0.760. The van der Waals surface area contributed by atoms with Crippen LogP contribution >= 0.6 is 0 Å². The van der Waals surface area contributed by atoms with E-state index in [1.807, 2.05) is 11.9 Å². The summed E-state index contributed by atoms with van der Waals surface area (Å²) in [5, 5.41) is 20.1. The maximum absolute atomic E-state index is 9.86. The average molecular weight is 264 g/mol. The Kier molecular flexibility index (Phi) is 3.26. The molecule has 2 N–H and O–H groups in total. The Morgan fingerprint density at radius 2 is 2.42 bits per heavy atom. The summed E-state index contributed by atoms with van der Waals surface area (Å²) in [4.78, 5) is 10.2. The number of nitrogens with zero attached hydrogens (tertiary/aromatic N) is 5. The van der Waals surface area contributed by atoms with Gasteiger partial charge in [-0.3, -0.25) is 10.00 Å². The van der Waals surface area contributed by atoms with Gasteiger partial charge in [-0.25, -0.2) is 4.98 Å². The normalized spacial score (nSPS) is 17.0. The molecule has 0 aromatic carbocycles. The fourth-order valence-corrected chi connectivity index (χ4v) is 1.97. The first-order valence-corrected chi connectivity index (χ1v) is 6.27. The van der Waals surface area contributed by atoms with E-state index in [0.29, 0.717) is 36.5 Å². The summed E-state index contributed by atoms with van der Waals surface area (Å²) in [6.45, 7) is 1.12. The van der Waals surface area contributed by atoms with Crippen molar-refractivity contribution < 1.29 is 9.63 Å². The van der Waals surface area contributed by atoms with Crippen LogP contribution in [0.15, 0.2) is 10.9 Å². The largest absolute Gasteiger partial charge is 0.392 e. The lowest BCUT2D eigenvalue weighted by Gasteiger charge is -2.18. The Labute approximate surface area is 109 Å². The third-order valence-corrected chi connectivity index (χ3v) is 3.16. The van der Waals surface area contributed by atoms with Gasteiger partial charge in [-0.05, 0) is 25.8 Å². The number of aromatic amines is 1. The molecule has 1 atom stereocenters. The van der Waals surface area contributed by atoms with E-state index in [4.69, 9.17) is 4.52 Å². The van der Waals surface area contributed by atoms with E-state index in [1.54, 1.807) is 0 Å². The van der Waals surface area contributed by atoms with Gasteiger partial charge in [0, 0.05) is 6.54 Å². The third-order valence-electron chi connectivity index (χ3n) is 3.16. The molecule has 2 aromatic heterocycles. The number of nitrogens with one attached hydrogen (secondary N) is 1. The van der Waals surface area contributed by atoms with Crippen LogP contribution in [0.2, 0.25) is 0 Å². The van der Waals surface area contributed by atoms with Gasteiger partial charge in [0.05, 0.1) is 12.6 Å². The summed E-state index contributed by atoms with van der Waals surface area (Å²) >= 11 is 0. The van der Waals surface area contributed by atoms with Gasteiger partial charge in [-0.15, -0.1) is 0 Å². The first-order chi connectivity index (χ1) is 9.22. The number of hydrogen-bond acceptors (Lipinski definition) is 7. The highest BCUT2D eigenvalue weighted by atomic mass is 16.5. The van der Waals surface area contributed by atoms with E-state index < -0.39 is 0 Å². The van der Waals surface area contributed by atoms with Gasteiger partial charge < -0.3 is 9.63 Å². The van der Waals surface area contributed by atoms with E-state index in [0.717, 1.165) is 12.8 Å². The Morgan fingerprint density at radius 1 is 1.58 bits per heavy atom. The summed E-state index contributed by atoms with van der Waals surface area (Å²) in [7, 11) is 1.92. The van der Waals surface area contributed by atoms with Gasteiger partial charge in [0.1, 0.15) is 6.33 Å². The summed E-state index contributed by atoms with van der Waals surface area (Å²) < 4.78 is 5.14. The molecule has 0 spiro atoms. The minimum Gasteiger partial charge on any atom is -0.392 e. The van der Waals surface area contributed by atoms with E-state index in [2.05, 4.69) is 25.3 Å². The van der Waals surface area contributed by atoms with Crippen LogP contribution in [0.1, 0.15) is 18.7 Å². The van der Waals surface area contributed by atoms with Gasteiger partial charge in [0.15, 0.2) is 5.82 Å². The predicted octanol–water partition coefficient (Wildman–Crippen LogP) is 0.0574. The van der Waals surface area contributed by atoms with Crippen molar-refractivity contribution in [3.63, 3.8) is 0 Å². The highest BCUT2D eigenvalue weighted by Crippen LogP contribution is 2.32. The molecule has 8 heteroatoms. The molecule has 1 unspecified atom stereocenters. The topological polar surface area (TPSA) is 104 Å². The molecule has 3 rings (SSSR count). The SMILES string of the molecule is CN(Cc1nc(-c2ncn[nH]2)no1)CC(O)C1CC1. The number of H-pyrrole nitrogens is 1. The van der Waals surface area contributed by atoms with Crippen LogP contribution < -0.4 is 0 Å². The summed E-state index contributed by atoms with van der Waals surface area (Å²) in [6, 6.07) is 0. The second-order valence-electron chi connectivity index (χ2n) is 4.95. The zero-order valence-electron chi connectivity index (χ0n) is 10.7. The number of rotatable bonds is 6. The van der Waals surface area contributed by atoms with Crippen molar-refractivity contribution in [2.24, 2.45) is 5.92 Å². The summed E-state index contributed by atoms with van der Waals surface area (Å²) in [5.74, 6) is 1.84. The van der Waals surface area contributed by atoms with Gasteiger partial charge >= 0.3 is 0 Å². The fraction of sp³-hybridized carbons (Fsp3) is 0.636. The third kappa shape index (κ3) is 2.96. The van der Waals surface area contributed by atoms with Gasteiger partial charge in [-0.1, -0.05) is 5.16 Å². The molecule has 0 aliphatic heterocycles. The maximum Gasteiger partial charge on any atom is 0.241 e. The average Bonchev–Trinajstić information content (AvgIpc) is 2.89. The molecule has 19 heavy (non-hydrogen) atoms. The first kappa shape index (κ1) is 12.2. The fourth-order valence-electron chi connectivity index (χ4n) is 1.97. The van der Waals surface area contributed by atoms with Crippen molar-refractivity contribution in [3.8, 4) is 11.6 Å². The Bertz CT molecular complexity index is 521. The smallest absolute Gasteiger partial charge is 0.241 e. The highest BCUT2D eigenvalue weighted by Gasteiger charge is 2.30. The van der Waals surface area contributed by atoms with E-state index in [9.17, 15) is 5.11 Å². The van der Waals surface area contributed by atoms with Gasteiger partial charge in [0.25, 0.3) is 0 Å². The van der Waals surface area contributed by atoms with E-state index in [-0.39, 0.29) is 6.10 Å². The molecule has 2 aromatic rings. The zero-order chi connectivity index (χ0) is 13.2. The van der Waals surface area contributed by atoms with Crippen molar-refractivity contribution in [3.05, 3.63) is 12.2 Å². The van der Waals surface area contributed by atoms with Crippen LogP contribution in [0.3, 0.4) is 0 Å². The summed E-state index contributed by atoms with van der Waals surface area (Å²) in [5.41, 5.74) is 0. The molecular weight excluding hydrogens is 248 g/mol. The molecule has 0 radical (unpaired) electrons. The standard InChI is InChI=1S/C11H16N6O2/c1-17(4-8(18)7-2-3-7)5-9-14-11(16-19-9)10-12-6-13-15-10/h6-8,18H,2-5H2,1H3,(H,12,13,15). The summed E-state index contributed by atoms with van der Waals surface area (Å²) in [6.07, 6.45) is 3.39. The van der Waals surface area contributed by atoms with Crippen LogP contribution in [0.5, 0.6) is 0 Å². The Hall–Kier alpha value is -1.80. The van der Waals surface area contributed by atoms with Crippen LogP contribution in [0.4, 0.5) is 0 Å². The predicted molar refractivity (Wildman–Crippen MR) is 64.7 cm³/mol. The highest BCUT2D eigenvalue weighted by molar-refractivity contribution is 5.39. The van der Waals surface area contributed by atoms with Crippen LogP contribution in [-0.2, 0) is 6.54 Å². The van der Waals surface area contributed by atoms with E-state index in [1.165, 1.54) is 6.33 Å². The number of aromatic nitrogens is 5. The molecule has 0 saturated heterocycles. The first-order valence-electron chi connectivity index (χ1n) is 6.27.